The molecule has 0 saturated heterocycles. The number of carbonyl (C=O) groups is 2. The van der Waals surface area contributed by atoms with E-state index in [4.69, 9.17) is 0 Å². The van der Waals surface area contributed by atoms with E-state index in [0.29, 0.717) is 17.6 Å². The highest BCUT2D eigenvalue weighted by Crippen LogP contribution is 2.36. The molecule has 0 aliphatic carbocycles. The summed E-state index contributed by atoms with van der Waals surface area (Å²) in [6.07, 6.45) is -1.67. The van der Waals surface area contributed by atoms with Crippen LogP contribution in [0.5, 0.6) is 0 Å². The third kappa shape index (κ3) is 8.28. The number of anilines is 7. The van der Waals surface area contributed by atoms with Gasteiger partial charge in [0.2, 0.25) is 11.9 Å². The Bertz CT molecular complexity index is 2130. The molecule has 0 aliphatic heterocycles. The first kappa shape index (κ1) is 34.7. The number of aromatic nitrogens is 2. The minimum Gasteiger partial charge on any atom is -0.378 e. The molecule has 0 bridgehead atoms. The standard InChI is InChI=1S/C34H28F4N8O4/c1-39-32(50)22-7-3-5-9-25(22)45-31-23(34(36,37)38)18-42-33(46-31)44-21-13-11-20(12-14-21)43-28-27(29(48)30(28)49)41-17-16-40-26(47)15-10-19-6-2-4-8-24(19)35/h2-15,18,41,43H,16-17H2,1H3,(H,39,50)(H,40,47)(H2,42,44,45,46)/b15-10+. The maximum atomic E-state index is 13.8. The first-order chi connectivity index (χ1) is 23.9. The molecule has 0 unspecified atom stereocenters. The number of amides is 2. The van der Waals surface area contributed by atoms with E-state index in [2.05, 4.69) is 41.9 Å². The molecule has 1 aromatic heterocycles. The van der Waals surface area contributed by atoms with Crippen LogP contribution >= 0.6 is 0 Å². The molecule has 256 valence electrons. The number of alkyl halides is 3. The van der Waals surface area contributed by atoms with Crippen LogP contribution in [0.15, 0.2) is 94.7 Å². The summed E-state index contributed by atoms with van der Waals surface area (Å²) in [5.41, 5.74) is -1.33. The monoisotopic (exact) mass is 688 g/mol. The number of para-hydroxylation sites is 1. The van der Waals surface area contributed by atoms with Crippen LogP contribution in [0.1, 0.15) is 21.5 Å². The maximum Gasteiger partial charge on any atom is 0.421 e. The summed E-state index contributed by atoms with van der Waals surface area (Å²) >= 11 is 0. The summed E-state index contributed by atoms with van der Waals surface area (Å²) in [7, 11) is 1.40. The Balaban J connectivity index is 1.20. The molecule has 16 heteroatoms. The van der Waals surface area contributed by atoms with Crippen molar-refractivity contribution in [2.45, 2.75) is 6.18 Å². The van der Waals surface area contributed by atoms with Gasteiger partial charge in [-0.15, -0.1) is 0 Å². The van der Waals surface area contributed by atoms with Crippen molar-refractivity contribution >= 4 is 58.1 Å². The number of halogens is 4. The minimum atomic E-state index is -4.80. The zero-order chi connectivity index (χ0) is 35.8. The molecule has 50 heavy (non-hydrogen) atoms. The molecule has 5 rings (SSSR count). The molecule has 0 aliphatic rings. The minimum absolute atomic E-state index is 0.0142. The van der Waals surface area contributed by atoms with Crippen molar-refractivity contribution in [1.82, 2.24) is 20.6 Å². The lowest BCUT2D eigenvalue weighted by molar-refractivity contribution is -0.137. The normalized spacial score (nSPS) is 11.3. The predicted octanol–water partition coefficient (Wildman–Crippen LogP) is 5.06. The Morgan fingerprint density at radius 1 is 0.820 bits per heavy atom. The van der Waals surface area contributed by atoms with E-state index >= 15 is 0 Å². The summed E-state index contributed by atoms with van der Waals surface area (Å²) in [6.45, 7) is 0.214. The van der Waals surface area contributed by atoms with Gasteiger partial charge in [-0.05, 0) is 48.5 Å². The van der Waals surface area contributed by atoms with Gasteiger partial charge in [-0.3, -0.25) is 19.2 Å². The van der Waals surface area contributed by atoms with Gasteiger partial charge in [0, 0.05) is 49.3 Å². The van der Waals surface area contributed by atoms with Crippen molar-refractivity contribution in [3.63, 3.8) is 0 Å². The second-order valence-corrected chi connectivity index (χ2v) is 10.5. The predicted molar refractivity (Wildman–Crippen MR) is 181 cm³/mol. The lowest BCUT2D eigenvalue weighted by atomic mass is 10.1. The largest absolute Gasteiger partial charge is 0.421 e. The summed E-state index contributed by atoms with van der Waals surface area (Å²) in [5, 5.41) is 16.1. The molecule has 4 aromatic carbocycles. The molecule has 0 spiro atoms. The average molecular weight is 689 g/mol. The molecular formula is C34H28F4N8O4. The van der Waals surface area contributed by atoms with E-state index in [-0.39, 0.29) is 47.2 Å². The fourth-order valence-corrected chi connectivity index (χ4v) is 4.59. The van der Waals surface area contributed by atoms with E-state index in [1.807, 2.05) is 0 Å². The molecule has 0 atom stereocenters. The van der Waals surface area contributed by atoms with E-state index in [0.717, 1.165) is 0 Å². The van der Waals surface area contributed by atoms with E-state index in [1.54, 1.807) is 42.5 Å². The van der Waals surface area contributed by atoms with Crippen LogP contribution in [0.25, 0.3) is 6.08 Å². The van der Waals surface area contributed by atoms with E-state index in [1.165, 1.54) is 49.5 Å². The molecule has 0 fully saturated rings. The van der Waals surface area contributed by atoms with Crippen LogP contribution in [-0.2, 0) is 11.0 Å². The third-order valence-corrected chi connectivity index (χ3v) is 7.11. The average Bonchev–Trinajstić information content (AvgIpc) is 3.10. The zero-order valence-corrected chi connectivity index (χ0v) is 26.1. The summed E-state index contributed by atoms with van der Waals surface area (Å²) < 4.78 is 55.1. The van der Waals surface area contributed by atoms with Gasteiger partial charge in [0.15, 0.2) is 0 Å². The highest BCUT2D eigenvalue weighted by Gasteiger charge is 2.35. The first-order valence-corrected chi connectivity index (χ1v) is 14.9. The Labute approximate surface area is 281 Å². The summed E-state index contributed by atoms with van der Waals surface area (Å²) in [4.78, 5) is 56.5. The number of rotatable bonds is 13. The Hall–Kier alpha value is -6.58. The lowest BCUT2D eigenvalue weighted by Crippen LogP contribution is -2.38. The highest BCUT2D eigenvalue weighted by atomic mass is 19.4. The zero-order valence-electron chi connectivity index (χ0n) is 26.1. The van der Waals surface area contributed by atoms with Crippen molar-refractivity contribution in [2.75, 3.05) is 41.4 Å². The highest BCUT2D eigenvalue weighted by molar-refractivity contribution is 6.00. The van der Waals surface area contributed by atoms with Gasteiger partial charge in [0.25, 0.3) is 16.8 Å². The fourth-order valence-electron chi connectivity index (χ4n) is 4.59. The number of nitrogens with one attached hydrogen (secondary N) is 6. The lowest BCUT2D eigenvalue weighted by Gasteiger charge is -2.17. The summed E-state index contributed by atoms with van der Waals surface area (Å²) in [6, 6.07) is 18.2. The quantitative estimate of drug-likeness (QED) is 0.0426. The van der Waals surface area contributed by atoms with Crippen LogP contribution in [0.2, 0.25) is 0 Å². The molecule has 6 N–H and O–H groups in total. The smallest absolute Gasteiger partial charge is 0.378 e. The van der Waals surface area contributed by atoms with Crippen molar-refractivity contribution in [3.8, 4) is 0 Å². The molecule has 0 saturated carbocycles. The number of hydrogen-bond acceptors (Lipinski definition) is 10. The maximum absolute atomic E-state index is 13.8. The van der Waals surface area contributed by atoms with Gasteiger partial charge < -0.3 is 31.9 Å². The van der Waals surface area contributed by atoms with Gasteiger partial charge in [-0.2, -0.15) is 18.2 Å². The molecular weight excluding hydrogens is 660 g/mol. The molecule has 0 radical (unpaired) electrons. The van der Waals surface area contributed by atoms with Crippen molar-refractivity contribution < 1.29 is 27.2 Å². The van der Waals surface area contributed by atoms with Crippen LogP contribution < -0.4 is 42.8 Å². The van der Waals surface area contributed by atoms with Crippen molar-refractivity contribution in [2.24, 2.45) is 0 Å². The summed E-state index contributed by atoms with van der Waals surface area (Å²) in [5.74, 6) is -2.22. The van der Waals surface area contributed by atoms with Gasteiger partial charge in [0.1, 0.15) is 28.6 Å². The Morgan fingerprint density at radius 2 is 1.48 bits per heavy atom. The van der Waals surface area contributed by atoms with E-state index < -0.39 is 46.0 Å². The van der Waals surface area contributed by atoms with Gasteiger partial charge in [-0.1, -0.05) is 30.3 Å². The second-order valence-electron chi connectivity index (χ2n) is 10.5. The number of benzene rings is 3. The third-order valence-electron chi connectivity index (χ3n) is 7.11. The molecule has 2 amide bonds. The molecule has 12 nitrogen and oxygen atoms in total. The fraction of sp³-hybridized carbons (Fsp3) is 0.118. The topological polar surface area (TPSA) is 166 Å². The molecule has 5 aromatic rings. The van der Waals surface area contributed by atoms with E-state index in [9.17, 15) is 36.7 Å². The van der Waals surface area contributed by atoms with Gasteiger partial charge in [-0.25, -0.2) is 9.37 Å². The van der Waals surface area contributed by atoms with Crippen LogP contribution in [-0.4, -0.2) is 41.9 Å². The van der Waals surface area contributed by atoms with Crippen LogP contribution in [0.3, 0.4) is 0 Å². The van der Waals surface area contributed by atoms with Crippen molar-refractivity contribution in [3.05, 3.63) is 128 Å². The SMILES string of the molecule is CNC(=O)c1ccccc1Nc1nc(Nc2ccc(Nc3c(NCCNC(=O)/C=C/c4ccccc4F)c(=O)c3=O)cc2)ncc1C(F)(F)F. The van der Waals surface area contributed by atoms with Crippen LogP contribution in [0.4, 0.5) is 57.8 Å². The number of carbonyl (C=O) groups excluding carboxylic acids is 2. The second kappa shape index (κ2) is 15.1. The van der Waals surface area contributed by atoms with Gasteiger partial charge in [0.05, 0.1) is 11.3 Å². The Kier molecular flexibility index (Phi) is 10.5. The Morgan fingerprint density at radius 3 is 2.18 bits per heavy atom. The number of hydrogen-bond donors (Lipinski definition) is 6. The van der Waals surface area contributed by atoms with Crippen LogP contribution in [0, 0.1) is 5.82 Å². The van der Waals surface area contributed by atoms with Crippen molar-refractivity contribution in [1.29, 1.82) is 0 Å². The number of nitrogens with zero attached hydrogens (tertiary/aromatic N) is 2. The van der Waals surface area contributed by atoms with Gasteiger partial charge >= 0.3 is 6.18 Å². The first-order valence-electron chi connectivity index (χ1n) is 14.9. The molecule has 1 heterocycles.